The largest absolute Gasteiger partial charge is 0.497 e. The van der Waals surface area contributed by atoms with Gasteiger partial charge in [0.15, 0.2) is 9.84 Å². The third kappa shape index (κ3) is 5.89. The molecule has 0 aliphatic carbocycles. The van der Waals surface area contributed by atoms with Crippen LogP contribution in [-0.4, -0.2) is 58.9 Å². The molecule has 0 saturated carbocycles. The molecule has 192 valence electrons. The average molecular weight is 531 g/mol. The van der Waals surface area contributed by atoms with E-state index in [0.29, 0.717) is 12.3 Å². The smallest absolute Gasteiger partial charge is 0.247 e. The van der Waals surface area contributed by atoms with Gasteiger partial charge in [-0.15, -0.1) is 0 Å². The number of rotatable bonds is 10. The van der Waals surface area contributed by atoms with Crippen LogP contribution < -0.4 is 14.8 Å². The summed E-state index contributed by atoms with van der Waals surface area (Å²) in [4.78, 5) is -0.0774. The fraction of sp³-hybridized carbons (Fsp3) is 0.308. The molecule has 1 aliphatic heterocycles. The summed E-state index contributed by atoms with van der Waals surface area (Å²) in [6.07, 6.45) is 0. The van der Waals surface area contributed by atoms with Crippen molar-refractivity contribution in [2.24, 2.45) is 0 Å². The second-order valence-corrected chi connectivity index (χ2v) is 12.7. The highest BCUT2D eigenvalue weighted by Crippen LogP contribution is 2.34. The van der Waals surface area contributed by atoms with E-state index in [1.165, 1.54) is 30.7 Å². The molecular formula is C26H30N2O6S2. The van der Waals surface area contributed by atoms with E-state index >= 15 is 0 Å². The third-order valence-corrected chi connectivity index (χ3v) is 9.85. The van der Waals surface area contributed by atoms with Crippen molar-refractivity contribution in [1.29, 1.82) is 0 Å². The summed E-state index contributed by atoms with van der Waals surface area (Å²) < 4.78 is 65.9. The van der Waals surface area contributed by atoms with Crippen molar-refractivity contribution < 1.29 is 26.3 Å². The van der Waals surface area contributed by atoms with E-state index < -0.39 is 31.9 Å². The van der Waals surface area contributed by atoms with Crippen molar-refractivity contribution in [3.8, 4) is 11.5 Å². The van der Waals surface area contributed by atoms with Crippen molar-refractivity contribution >= 4 is 19.9 Å². The highest BCUT2D eigenvalue weighted by Gasteiger charge is 2.46. The number of ether oxygens (including phenoxy) is 2. The molecule has 36 heavy (non-hydrogen) atoms. The average Bonchev–Trinajstić information content (AvgIpc) is 3.20. The molecule has 0 radical (unpaired) electrons. The van der Waals surface area contributed by atoms with Crippen LogP contribution in [0.25, 0.3) is 0 Å². The summed E-state index contributed by atoms with van der Waals surface area (Å²) in [6, 6.07) is 21.9. The fourth-order valence-corrected chi connectivity index (χ4v) is 8.28. The van der Waals surface area contributed by atoms with Crippen LogP contribution in [0, 0.1) is 0 Å². The number of benzene rings is 3. The molecule has 4 rings (SSSR count). The molecule has 2 atom stereocenters. The number of sulfone groups is 1. The molecule has 0 bridgehead atoms. The first kappa shape index (κ1) is 26.2. The third-order valence-electron chi connectivity index (χ3n) is 6.24. The summed E-state index contributed by atoms with van der Waals surface area (Å²) in [5.74, 6) is 0.0774. The number of methoxy groups -OCH3 is 2. The molecule has 1 heterocycles. The van der Waals surface area contributed by atoms with Crippen molar-refractivity contribution in [3.05, 3.63) is 90.0 Å². The Kier molecular flexibility index (Phi) is 7.99. The summed E-state index contributed by atoms with van der Waals surface area (Å²) in [6.45, 7) is 0.423. The minimum atomic E-state index is -4.20. The zero-order valence-corrected chi connectivity index (χ0v) is 21.8. The maximum atomic E-state index is 14.2. The van der Waals surface area contributed by atoms with E-state index in [4.69, 9.17) is 9.47 Å². The molecule has 1 saturated heterocycles. The van der Waals surface area contributed by atoms with E-state index in [2.05, 4.69) is 5.32 Å². The van der Waals surface area contributed by atoms with Crippen LogP contribution in [0.5, 0.6) is 11.5 Å². The van der Waals surface area contributed by atoms with Crippen LogP contribution in [0.1, 0.15) is 11.1 Å². The molecule has 1 N–H and O–H groups in total. The lowest BCUT2D eigenvalue weighted by molar-refractivity contribution is 0.285. The number of sulfonamides is 1. The van der Waals surface area contributed by atoms with Crippen LogP contribution in [0.2, 0.25) is 0 Å². The SMILES string of the molecule is COc1ccc(OC)c(S(=O)(=O)N(Cc2ccccc2)[C@H]2CS(=O)(=O)C[C@H]2NCc2ccccc2)c1. The Labute approximate surface area is 212 Å². The van der Waals surface area contributed by atoms with Gasteiger partial charge in [-0.1, -0.05) is 60.7 Å². The first-order valence-corrected chi connectivity index (χ1v) is 14.7. The second-order valence-electron chi connectivity index (χ2n) is 8.67. The van der Waals surface area contributed by atoms with Crippen LogP contribution in [0.4, 0.5) is 0 Å². The van der Waals surface area contributed by atoms with Gasteiger partial charge in [0.05, 0.1) is 31.8 Å². The van der Waals surface area contributed by atoms with Crippen LogP contribution in [0.3, 0.4) is 0 Å². The van der Waals surface area contributed by atoms with Gasteiger partial charge in [-0.3, -0.25) is 0 Å². The van der Waals surface area contributed by atoms with E-state index in [9.17, 15) is 16.8 Å². The molecule has 0 amide bonds. The molecule has 3 aromatic rings. The molecule has 3 aromatic carbocycles. The Morgan fingerprint density at radius 3 is 2.14 bits per heavy atom. The lowest BCUT2D eigenvalue weighted by atomic mass is 10.1. The summed E-state index contributed by atoms with van der Waals surface area (Å²) in [5.41, 5.74) is 1.72. The van der Waals surface area contributed by atoms with Gasteiger partial charge < -0.3 is 14.8 Å². The van der Waals surface area contributed by atoms with Gasteiger partial charge in [0.2, 0.25) is 10.0 Å². The first-order valence-electron chi connectivity index (χ1n) is 11.5. The molecule has 0 aromatic heterocycles. The van der Waals surface area contributed by atoms with Gasteiger partial charge in [0, 0.05) is 25.2 Å². The normalized spacial score (nSPS) is 19.3. The van der Waals surface area contributed by atoms with Crippen LogP contribution in [0.15, 0.2) is 83.8 Å². The predicted octanol–water partition coefficient (Wildman–Crippen LogP) is 2.85. The maximum absolute atomic E-state index is 14.2. The van der Waals surface area contributed by atoms with Gasteiger partial charge in [-0.2, -0.15) is 4.31 Å². The number of nitrogens with zero attached hydrogens (tertiary/aromatic N) is 1. The van der Waals surface area contributed by atoms with Gasteiger partial charge in [0.1, 0.15) is 16.4 Å². The molecule has 8 nitrogen and oxygen atoms in total. The quantitative estimate of drug-likeness (QED) is 0.430. The first-order chi connectivity index (χ1) is 17.2. The monoisotopic (exact) mass is 530 g/mol. The molecular weight excluding hydrogens is 500 g/mol. The maximum Gasteiger partial charge on any atom is 0.247 e. The van der Waals surface area contributed by atoms with Crippen molar-refractivity contribution in [3.63, 3.8) is 0 Å². The van der Waals surface area contributed by atoms with Gasteiger partial charge in [0.25, 0.3) is 0 Å². The Morgan fingerprint density at radius 1 is 0.889 bits per heavy atom. The highest BCUT2D eigenvalue weighted by molar-refractivity contribution is 7.92. The van der Waals surface area contributed by atoms with Gasteiger partial charge in [-0.05, 0) is 23.3 Å². The molecule has 10 heteroatoms. The zero-order chi connectivity index (χ0) is 25.8. The number of hydrogen-bond donors (Lipinski definition) is 1. The lowest BCUT2D eigenvalue weighted by Crippen LogP contribution is -2.51. The lowest BCUT2D eigenvalue weighted by Gasteiger charge is -2.32. The van der Waals surface area contributed by atoms with E-state index in [-0.39, 0.29) is 28.7 Å². The van der Waals surface area contributed by atoms with E-state index in [1.54, 1.807) is 6.07 Å². The topological polar surface area (TPSA) is 102 Å². The molecule has 1 fully saturated rings. The summed E-state index contributed by atoms with van der Waals surface area (Å²) in [5, 5.41) is 3.30. The minimum absolute atomic E-state index is 0.00718. The molecule has 0 spiro atoms. The van der Waals surface area contributed by atoms with E-state index in [0.717, 1.165) is 11.1 Å². The number of hydrogen-bond acceptors (Lipinski definition) is 7. The minimum Gasteiger partial charge on any atom is -0.497 e. The summed E-state index contributed by atoms with van der Waals surface area (Å²) in [7, 11) is -4.84. The van der Waals surface area contributed by atoms with Crippen molar-refractivity contribution in [1.82, 2.24) is 9.62 Å². The standard InChI is InChI=1S/C26H30N2O6S2/c1-33-22-13-14-25(34-2)26(15-22)36(31,32)28(17-21-11-7-4-8-12-21)24-19-35(29,30)18-23(24)27-16-20-9-5-3-6-10-20/h3-15,23-24,27H,16-19H2,1-2H3/t23-,24+/m1/s1. The van der Waals surface area contributed by atoms with Crippen molar-refractivity contribution in [2.75, 3.05) is 25.7 Å². The zero-order valence-electron chi connectivity index (χ0n) is 20.2. The highest BCUT2D eigenvalue weighted by atomic mass is 32.2. The van der Waals surface area contributed by atoms with Crippen molar-refractivity contribution in [2.45, 2.75) is 30.1 Å². The molecule has 1 aliphatic rings. The predicted molar refractivity (Wildman–Crippen MR) is 138 cm³/mol. The Balaban J connectivity index is 1.76. The number of nitrogens with one attached hydrogen (secondary N) is 1. The second kappa shape index (κ2) is 11.0. The van der Waals surface area contributed by atoms with Gasteiger partial charge >= 0.3 is 0 Å². The Hall–Kier alpha value is -2.92. The van der Waals surface area contributed by atoms with Gasteiger partial charge in [-0.25, -0.2) is 16.8 Å². The van der Waals surface area contributed by atoms with Crippen LogP contribution >= 0.6 is 0 Å². The Bertz CT molecular complexity index is 1380. The van der Waals surface area contributed by atoms with E-state index in [1.807, 2.05) is 60.7 Å². The Morgan fingerprint density at radius 2 is 1.53 bits per heavy atom. The summed E-state index contributed by atoms with van der Waals surface area (Å²) >= 11 is 0. The fourth-order valence-electron chi connectivity index (χ4n) is 4.41. The molecule has 0 unspecified atom stereocenters. The van der Waals surface area contributed by atoms with Crippen LogP contribution in [-0.2, 0) is 33.0 Å².